The van der Waals surface area contributed by atoms with Crippen molar-refractivity contribution in [3.05, 3.63) is 28.2 Å². The lowest BCUT2D eigenvalue weighted by Crippen LogP contribution is -2.18. The highest BCUT2D eigenvalue weighted by Gasteiger charge is 2.21. The van der Waals surface area contributed by atoms with Crippen molar-refractivity contribution in [2.75, 3.05) is 0 Å². The number of hydrogen-bond acceptors (Lipinski definition) is 4. The predicted molar refractivity (Wildman–Crippen MR) is 84.1 cm³/mol. The first-order valence-electron chi connectivity index (χ1n) is 6.83. The van der Waals surface area contributed by atoms with E-state index in [0.717, 1.165) is 38.5 Å². The largest absolute Gasteiger partial charge is 0.459 e. The van der Waals surface area contributed by atoms with Crippen LogP contribution in [0.25, 0.3) is 0 Å². The molecule has 1 aliphatic rings. The Kier molecular flexibility index (Phi) is 5.68. The smallest absolute Gasteiger partial charge is 0.339 e. The zero-order valence-corrected chi connectivity index (χ0v) is 14.5. The van der Waals surface area contributed by atoms with Crippen LogP contribution in [0.1, 0.15) is 48.9 Å². The van der Waals surface area contributed by atoms with Crippen LogP contribution in [0.4, 0.5) is 0 Å². The fraction of sp³-hybridized carbons (Fsp3) is 0.500. The molecular weight excluding hydrogens is 380 g/mol. The number of carbonyl (C=O) groups is 1. The molecule has 7 heteroatoms. The summed E-state index contributed by atoms with van der Waals surface area (Å²) < 4.78 is 28.7. The molecule has 0 spiro atoms. The number of hydrogen-bond donors (Lipinski definition) is 0. The minimum Gasteiger partial charge on any atom is -0.459 e. The SMILES string of the molecule is O=C(OC1CCCCCC1)c1cc(S(=O)(=O)Cl)ccc1Br. The maximum atomic E-state index is 12.2. The van der Waals surface area contributed by atoms with E-state index in [2.05, 4.69) is 15.9 Å². The van der Waals surface area contributed by atoms with Gasteiger partial charge in [0.25, 0.3) is 9.05 Å². The van der Waals surface area contributed by atoms with E-state index in [1.54, 1.807) is 0 Å². The van der Waals surface area contributed by atoms with Gasteiger partial charge in [-0.3, -0.25) is 0 Å². The van der Waals surface area contributed by atoms with Gasteiger partial charge in [-0.25, -0.2) is 13.2 Å². The van der Waals surface area contributed by atoms with Crippen LogP contribution in [0.3, 0.4) is 0 Å². The van der Waals surface area contributed by atoms with Crippen LogP contribution in [0.5, 0.6) is 0 Å². The summed E-state index contributed by atoms with van der Waals surface area (Å²) in [6, 6.07) is 4.07. The first kappa shape index (κ1) is 16.8. The van der Waals surface area contributed by atoms with E-state index in [-0.39, 0.29) is 16.6 Å². The van der Waals surface area contributed by atoms with Gasteiger partial charge in [-0.15, -0.1) is 0 Å². The van der Waals surface area contributed by atoms with Crippen molar-refractivity contribution in [2.24, 2.45) is 0 Å². The van der Waals surface area contributed by atoms with Crippen LogP contribution in [-0.4, -0.2) is 20.5 Å². The van der Waals surface area contributed by atoms with E-state index in [1.165, 1.54) is 18.2 Å². The Morgan fingerprint density at radius 2 is 1.81 bits per heavy atom. The van der Waals surface area contributed by atoms with E-state index in [4.69, 9.17) is 15.4 Å². The van der Waals surface area contributed by atoms with Gasteiger partial charge in [-0.1, -0.05) is 12.8 Å². The van der Waals surface area contributed by atoms with E-state index < -0.39 is 15.0 Å². The summed E-state index contributed by atoms with van der Waals surface area (Å²) in [5.74, 6) is -0.518. The highest BCUT2D eigenvalue weighted by atomic mass is 79.9. The van der Waals surface area contributed by atoms with Gasteiger partial charge in [0.05, 0.1) is 10.5 Å². The lowest BCUT2D eigenvalue weighted by molar-refractivity contribution is 0.0266. The van der Waals surface area contributed by atoms with Gasteiger partial charge in [-0.05, 0) is 59.8 Å². The second-order valence-electron chi connectivity index (χ2n) is 5.10. The number of rotatable bonds is 3. The van der Waals surface area contributed by atoms with Gasteiger partial charge in [0.15, 0.2) is 0 Å². The molecule has 0 atom stereocenters. The van der Waals surface area contributed by atoms with Gasteiger partial charge in [0, 0.05) is 15.2 Å². The fourth-order valence-corrected chi connectivity index (χ4v) is 3.57. The maximum absolute atomic E-state index is 12.2. The molecule has 0 saturated heterocycles. The molecule has 0 radical (unpaired) electrons. The van der Waals surface area contributed by atoms with Gasteiger partial charge < -0.3 is 4.74 Å². The fourth-order valence-electron chi connectivity index (χ4n) is 2.39. The van der Waals surface area contributed by atoms with Crippen molar-refractivity contribution in [2.45, 2.75) is 49.5 Å². The Morgan fingerprint density at radius 1 is 1.19 bits per heavy atom. The van der Waals surface area contributed by atoms with Crippen molar-refractivity contribution < 1.29 is 17.9 Å². The standard InChI is InChI=1S/C14H16BrClO4S/c15-13-8-7-11(21(16,18)19)9-12(13)14(17)20-10-5-3-1-2-4-6-10/h7-10H,1-6H2. The summed E-state index contributed by atoms with van der Waals surface area (Å²) in [5, 5.41) is 0. The summed E-state index contributed by atoms with van der Waals surface area (Å²) in [6.07, 6.45) is 6.05. The molecule has 0 heterocycles. The second kappa shape index (κ2) is 7.11. The molecule has 21 heavy (non-hydrogen) atoms. The zero-order chi connectivity index (χ0) is 15.5. The molecule has 0 unspecified atom stereocenters. The Hall–Kier alpha value is -0.590. The molecule has 1 aromatic carbocycles. The van der Waals surface area contributed by atoms with Crippen molar-refractivity contribution in [1.82, 2.24) is 0 Å². The average molecular weight is 396 g/mol. The third kappa shape index (κ3) is 4.69. The minimum absolute atomic E-state index is 0.0943. The van der Waals surface area contributed by atoms with Crippen molar-refractivity contribution >= 4 is 41.6 Å². The molecule has 4 nitrogen and oxygen atoms in total. The highest BCUT2D eigenvalue weighted by Crippen LogP contribution is 2.26. The quantitative estimate of drug-likeness (QED) is 0.436. The molecule has 1 fully saturated rings. The summed E-state index contributed by atoms with van der Waals surface area (Å²) in [4.78, 5) is 12.1. The molecule has 2 rings (SSSR count). The lowest BCUT2D eigenvalue weighted by Gasteiger charge is -2.16. The maximum Gasteiger partial charge on any atom is 0.339 e. The first-order chi connectivity index (χ1) is 9.88. The average Bonchev–Trinajstić information content (AvgIpc) is 2.66. The van der Waals surface area contributed by atoms with Gasteiger partial charge in [0.2, 0.25) is 0 Å². The Bertz CT molecular complexity index is 622. The van der Waals surface area contributed by atoms with Crippen LogP contribution >= 0.6 is 26.6 Å². The Morgan fingerprint density at radius 3 is 2.38 bits per heavy atom. The van der Waals surface area contributed by atoms with Crippen molar-refractivity contribution in [1.29, 1.82) is 0 Å². The third-order valence-electron chi connectivity index (χ3n) is 3.52. The Labute approximate surface area is 137 Å². The highest BCUT2D eigenvalue weighted by molar-refractivity contribution is 9.10. The summed E-state index contributed by atoms with van der Waals surface area (Å²) in [5.41, 5.74) is 0.181. The van der Waals surface area contributed by atoms with Gasteiger partial charge in [-0.2, -0.15) is 0 Å². The number of ether oxygens (including phenoxy) is 1. The number of esters is 1. The van der Waals surface area contributed by atoms with Gasteiger partial charge >= 0.3 is 5.97 Å². The molecular formula is C14H16BrClO4S. The van der Waals surface area contributed by atoms with E-state index in [0.29, 0.717) is 4.47 Å². The van der Waals surface area contributed by atoms with Crippen LogP contribution in [-0.2, 0) is 13.8 Å². The first-order valence-corrected chi connectivity index (χ1v) is 9.93. The minimum atomic E-state index is -3.87. The number of benzene rings is 1. The van der Waals surface area contributed by atoms with Crippen LogP contribution in [0.2, 0.25) is 0 Å². The summed E-state index contributed by atoms with van der Waals surface area (Å²) in [6.45, 7) is 0. The van der Waals surface area contributed by atoms with E-state index in [1.807, 2.05) is 0 Å². The zero-order valence-electron chi connectivity index (χ0n) is 11.3. The molecule has 0 N–H and O–H groups in total. The van der Waals surface area contributed by atoms with Crippen LogP contribution in [0, 0.1) is 0 Å². The summed E-state index contributed by atoms with van der Waals surface area (Å²) in [7, 11) is 1.43. The second-order valence-corrected chi connectivity index (χ2v) is 8.52. The van der Waals surface area contributed by atoms with E-state index >= 15 is 0 Å². The molecule has 0 bridgehead atoms. The monoisotopic (exact) mass is 394 g/mol. The van der Waals surface area contributed by atoms with Crippen molar-refractivity contribution in [3.8, 4) is 0 Å². The molecule has 0 aromatic heterocycles. The predicted octanol–water partition coefficient (Wildman–Crippen LogP) is 4.26. The molecule has 0 amide bonds. The Balaban J connectivity index is 2.18. The van der Waals surface area contributed by atoms with Crippen molar-refractivity contribution in [3.63, 3.8) is 0 Å². The number of carbonyl (C=O) groups excluding carboxylic acids is 1. The van der Waals surface area contributed by atoms with Crippen LogP contribution in [0.15, 0.2) is 27.6 Å². The lowest BCUT2D eigenvalue weighted by atomic mass is 10.1. The number of halogens is 2. The third-order valence-corrected chi connectivity index (χ3v) is 5.56. The van der Waals surface area contributed by atoms with Crippen LogP contribution < -0.4 is 0 Å². The van der Waals surface area contributed by atoms with E-state index in [9.17, 15) is 13.2 Å². The summed E-state index contributed by atoms with van der Waals surface area (Å²) >= 11 is 3.24. The topological polar surface area (TPSA) is 60.4 Å². The molecule has 1 aliphatic carbocycles. The molecule has 1 aromatic rings. The normalized spacial score (nSPS) is 17.2. The molecule has 116 valence electrons. The molecule has 1 saturated carbocycles. The van der Waals surface area contributed by atoms with Gasteiger partial charge in [0.1, 0.15) is 6.10 Å². The molecule has 0 aliphatic heterocycles.